The van der Waals surface area contributed by atoms with E-state index in [1.165, 1.54) is 11.3 Å². The topological polar surface area (TPSA) is 41.1 Å². The number of rotatable bonds is 4. The molecule has 0 bridgehead atoms. The molecule has 2 N–H and O–H groups in total. The van der Waals surface area contributed by atoms with Crippen molar-refractivity contribution >= 4 is 34.7 Å². The molecule has 0 saturated heterocycles. The van der Waals surface area contributed by atoms with E-state index in [4.69, 9.17) is 0 Å². The Hall–Kier alpha value is -1.00. The second-order valence-corrected chi connectivity index (χ2v) is 3.50. The van der Waals surface area contributed by atoms with Gasteiger partial charge in [0.15, 0.2) is 0 Å². The third-order valence-corrected chi connectivity index (χ3v) is 2.58. The summed E-state index contributed by atoms with van der Waals surface area (Å²) in [4.78, 5) is 12.1. The maximum Gasteiger partial charge on any atom is 0.261 e. The molecule has 3 nitrogen and oxygen atoms in total. The highest BCUT2D eigenvalue weighted by Crippen LogP contribution is 2.20. The van der Waals surface area contributed by atoms with Gasteiger partial charge in [0.1, 0.15) is 0 Å². The van der Waals surface area contributed by atoms with Crippen LogP contribution in [-0.4, -0.2) is 19.5 Å². The van der Waals surface area contributed by atoms with Crippen LogP contribution in [0.5, 0.6) is 0 Å². The molecule has 5 heteroatoms. The minimum atomic E-state index is -0.0496. The maximum absolute atomic E-state index is 11.4. The molecule has 0 atom stereocenters. The third-order valence-electron chi connectivity index (χ3n) is 1.48. The molecule has 0 fully saturated rings. The zero-order valence-electron chi connectivity index (χ0n) is 7.87. The molecular weight excluding hydrogens is 220 g/mol. The highest BCUT2D eigenvalue weighted by Gasteiger charge is 2.06. The fourth-order valence-corrected chi connectivity index (χ4v) is 1.62. The van der Waals surface area contributed by atoms with Crippen LogP contribution in [0.25, 0.3) is 0 Å². The van der Waals surface area contributed by atoms with Crippen LogP contribution in [0.2, 0.25) is 0 Å². The van der Waals surface area contributed by atoms with Gasteiger partial charge in [-0.15, -0.1) is 30.3 Å². The van der Waals surface area contributed by atoms with Gasteiger partial charge in [0.25, 0.3) is 5.91 Å². The first kappa shape index (κ1) is 13.0. The molecule has 0 unspecified atom stereocenters. The number of thiophene rings is 1. The molecule has 1 rings (SSSR count). The van der Waals surface area contributed by atoms with Crippen molar-refractivity contribution in [3.63, 3.8) is 0 Å². The van der Waals surface area contributed by atoms with Crippen molar-refractivity contribution in [1.29, 1.82) is 0 Å². The Morgan fingerprint density at radius 3 is 2.86 bits per heavy atom. The Morgan fingerprint density at radius 2 is 2.36 bits per heavy atom. The smallest absolute Gasteiger partial charge is 0.261 e. The fraction of sp³-hybridized carbons (Fsp3) is 0.222. The van der Waals surface area contributed by atoms with E-state index >= 15 is 0 Å². The molecule has 1 aromatic heterocycles. The first-order chi connectivity index (χ1) is 6.27. The average Bonchev–Trinajstić information content (AvgIpc) is 2.62. The third kappa shape index (κ3) is 3.40. The van der Waals surface area contributed by atoms with Gasteiger partial charge in [-0.05, 0) is 12.1 Å². The summed E-state index contributed by atoms with van der Waals surface area (Å²) in [5, 5.41) is 6.68. The molecule has 0 aliphatic heterocycles. The predicted molar refractivity (Wildman–Crippen MR) is 63.6 cm³/mol. The standard InChI is InChI=1S/C9H12N2OS.ClH/c1-3-6-11-9(12)7-4-5-8(10-2)13-7;/h3-5,10H,1,6H2,2H3,(H,11,12);1H. The Balaban J connectivity index is 0.00000169. The highest BCUT2D eigenvalue weighted by atomic mass is 35.5. The lowest BCUT2D eigenvalue weighted by atomic mass is 10.4. The lowest BCUT2D eigenvalue weighted by Gasteiger charge is -1.97. The largest absolute Gasteiger partial charge is 0.380 e. The van der Waals surface area contributed by atoms with Gasteiger partial charge in [-0.3, -0.25) is 4.79 Å². The summed E-state index contributed by atoms with van der Waals surface area (Å²) in [5.74, 6) is -0.0496. The van der Waals surface area contributed by atoms with E-state index in [-0.39, 0.29) is 18.3 Å². The van der Waals surface area contributed by atoms with E-state index in [9.17, 15) is 4.79 Å². The van der Waals surface area contributed by atoms with E-state index in [0.717, 1.165) is 5.00 Å². The minimum Gasteiger partial charge on any atom is -0.380 e. The zero-order chi connectivity index (χ0) is 9.68. The van der Waals surface area contributed by atoms with Gasteiger partial charge in [0.2, 0.25) is 0 Å². The first-order valence-corrected chi connectivity index (χ1v) is 4.76. The van der Waals surface area contributed by atoms with Crippen LogP contribution in [0, 0.1) is 0 Å². The average molecular weight is 233 g/mol. The summed E-state index contributed by atoms with van der Waals surface area (Å²) in [5.41, 5.74) is 0. The van der Waals surface area contributed by atoms with Crippen molar-refractivity contribution < 1.29 is 4.79 Å². The van der Waals surface area contributed by atoms with Crippen molar-refractivity contribution in [2.45, 2.75) is 0 Å². The number of carbonyl (C=O) groups excluding carboxylic acids is 1. The first-order valence-electron chi connectivity index (χ1n) is 3.94. The molecule has 1 heterocycles. The van der Waals surface area contributed by atoms with Crippen LogP contribution < -0.4 is 10.6 Å². The summed E-state index contributed by atoms with van der Waals surface area (Å²) in [6, 6.07) is 3.68. The Kier molecular flexibility index (Phi) is 5.99. The Bertz CT molecular complexity index is 312. The van der Waals surface area contributed by atoms with E-state index in [0.29, 0.717) is 11.4 Å². The van der Waals surface area contributed by atoms with Gasteiger partial charge in [-0.25, -0.2) is 0 Å². The quantitative estimate of drug-likeness (QED) is 0.781. The van der Waals surface area contributed by atoms with E-state index < -0.39 is 0 Å². The molecule has 0 saturated carbocycles. The summed E-state index contributed by atoms with van der Waals surface area (Å²) in [7, 11) is 1.83. The number of nitrogens with one attached hydrogen (secondary N) is 2. The van der Waals surface area contributed by atoms with E-state index in [1.54, 1.807) is 12.1 Å². The van der Waals surface area contributed by atoms with Crippen LogP contribution in [0.3, 0.4) is 0 Å². The Labute approximate surface area is 93.6 Å². The molecule has 78 valence electrons. The molecule has 0 aromatic carbocycles. The van der Waals surface area contributed by atoms with Crippen molar-refractivity contribution in [2.24, 2.45) is 0 Å². The van der Waals surface area contributed by atoms with E-state index in [2.05, 4.69) is 17.2 Å². The highest BCUT2D eigenvalue weighted by molar-refractivity contribution is 7.17. The van der Waals surface area contributed by atoms with E-state index in [1.807, 2.05) is 13.1 Å². The number of carbonyl (C=O) groups is 1. The normalized spacial score (nSPS) is 8.64. The second kappa shape index (κ2) is 6.45. The predicted octanol–water partition coefficient (Wildman–Crippen LogP) is 2.13. The number of hydrogen-bond donors (Lipinski definition) is 2. The van der Waals surface area contributed by atoms with Crippen molar-refractivity contribution in [3.8, 4) is 0 Å². The molecule has 0 spiro atoms. The van der Waals surface area contributed by atoms with Gasteiger partial charge in [-0.1, -0.05) is 6.08 Å². The number of hydrogen-bond acceptors (Lipinski definition) is 3. The monoisotopic (exact) mass is 232 g/mol. The summed E-state index contributed by atoms with van der Waals surface area (Å²) in [6.07, 6.45) is 1.66. The molecule has 0 radical (unpaired) electrons. The van der Waals surface area contributed by atoms with Crippen LogP contribution in [0.1, 0.15) is 9.67 Å². The van der Waals surface area contributed by atoms with Crippen LogP contribution in [-0.2, 0) is 0 Å². The maximum atomic E-state index is 11.4. The summed E-state index contributed by atoms with van der Waals surface area (Å²) >= 11 is 1.43. The van der Waals surface area contributed by atoms with Crippen LogP contribution in [0.15, 0.2) is 24.8 Å². The van der Waals surface area contributed by atoms with Gasteiger partial charge in [0, 0.05) is 13.6 Å². The van der Waals surface area contributed by atoms with Crippen molar-refractivity contribution in [3.05, 3.63) is 29.7 Å². The van der Waals surface area contributed by atoms with Crippen molar-refractivity contribution in [1.82, 2.24) is 5.32 Å². The number of anilines is 1. The number of halogens is 1. The van der Waals surface area contributed by atoms with Crippen molar-refractivity contribution in [2.75, 3.05) is 18.9 Å². The van der Waals surface area contributed by atoms with Gasteiger partial charge in [-0.2, -0.15) is 0 Å². The minimum absolute atomic E-state index is 0. The van der Waals surface area contributed by atoms with Crippen LogP contribution >= 0.6 is 23.7 Å². The Morgan fingerprint density at radius 1 is 1.64 bits per heavy atom. The number of amides is 1. The zero-order valence-corrected chi connectivity index (χ0v) is 9.50. The SMILES string of the molecule is C=CCNC(=O)c1ccc(NC)s1.Cl. The van der Waals surface area contributed by atoms with Gasteiger partial charge < -0.3 is 10.6 Å². The molecule has 14 heavy (non-hydrogen) atoms. The summed E-state index contributed by atoms with van der Waals surface area (Å²) < 4.78 is 0. The lowest BCUT2D eigenvalue weighted by Crippen LogP contribution is -2.21. The fourth-order valence-electron chi connectivity index (χ4n) is 0.846. The summed E-state index contributed by atoms with van der Waals surface area (Å²) in [6.45, 7) is 4.03. The van der Waals surface area contributed by atoms with Gasteiger partial charge in [0.05, 0.1) is 9.88 Å². The van der Waals surface area contributed by atoms with Crippen LogP contribution in [0.4, 0.5) is 5.00 Å². The molecule has 1 amide bonds. The second-order valence-electron chi connectivity index (χ2n) is 2.41. The molecule has 0 aliphatic carbocycles. The molecule has 0 aliphatic rings. The molecule has 1 aromatic rings. The lowest BCUT2D eigenvalue weighted by molar-refractivity contribution is 0.0962. The molecular formula is C9H13ClN2OS. The van der Waals surface area contributed by atoms with Gasteiger partial charge >= 0.3 is 0 Å².